The molecule has 0 spiro atoms. The maximum atomic E-state index is 13.0. The summed E-state index contributed by atoms with van der Waals surface area (Å²) in [5, 5.41) is 0. The van der Waals surface area contributed by atoms with Gasteiger partial charge in [-0.3, -0.25) is 4.72 Å². The second kappa shape index (κ2) is 8.35. The van der Waals surface area contributed by atoms with Crippen molar-refractivity contribution in [2.45, 2.75) is 24.7 Å². The third-order valence-corrected chi connectivity index (χ3v) is 5.60. The van der Waals surface area contributed by atoms with Crippen LogP contribution >= 0.6 is 0 Å². The molecule has 0 aromatic heterocycles. The molecule has 3 rings (SSSR count). The van der Waals surface area contributed by atoms with Gasteiger partial charge in [-0.15, -0.1) is 0 Å². The molecule has 5 nitrogen and oxygen atoms in total. The number of benzene rings is 3. The molecule has 0 fully saturated rings. The minimum atomic E-state index is -3.79. The first kappa shape index (κ1) is 19.8. The van der Waals surface area contributed by atoms with Crippen LogP contribution in [0.5, 0.6) is 17.2 Å². The molecule has 146 valence electrons. The lowest BCUT2D eigenvalue weighted by Crippen LogP contribution is -2.14. The van der Waals surface area contributed by atoms with E-state index in [1.54, 1.807) is 43.5 Å². The lowest BCUT2D eigenvalue weighted by Gasteiger charge is -2.16. The van der Waals surface area contributed by atoms with Crippen LogP contribution in [0.3, 0.4) is 0 Å². The number of rotatable bonds is 7. The first-order valence-electron chi connectivity index (χ1n) is 8.93. The second-order valence-corrected chi connectivity index (χ2v) is 8.26. The van der Waals surface area contributed by atoms with Crippen molar-refractivity contribution in [1.29, 1.82) is 0 Å². The average molecular weight is 397 g/mol. The van der Waals surface area contributed by atoms with Crippen LogP contribution in [0.15, 0.2) is 77.7 Å². The largest absolute Gasteiger partial charge is 0.496 e. The van der Waals surface area contributed by atoms with E-state index in [0.29, 0.717) is 22.9 Å². The van der Waals surface area contributed by atoms with Gasteiger partial charge in [-0.1, -0.05) is 44.2 Å². The molecule has 0 heterocycles. The molecule has 0 aliphatic rings. The summed E-state index contributed by atoms with van der Waals surface area (Å²) in [5.74, 6) is 1.84. The Balaban J connectivity index is 1.92. The molecule has 0 bridgehead atoms. The fraction of sp³-hybridized carbons (Fsp3) is 0.182. The molecule has 0 aliphatic heterocycles. The first-order valence-corrected chi connectivity index (χ1v) is 10.4. The predicted molar refractivity (Wildman–Crippen MR) is 111 cm³/mol. The molecular weight excluding hydrogens is 374 g/mol. The standard InChI is InChI=1S/C22H23NO4S/c1-16(2)19-15-18(13-14-21(19)26-3)28(24,25)23-20-11-7-8-12-22(20)27-17-9-5-4-6-10-17/h4-16,23H,1-3H3. The number of hydrogen-bond acceptors (Lipinski definition) is 4. The molecule has 28 heavy (non-hydrogen) atoms. The van der Waals surface area contributed by atoms with Gasteiger partial charge in [0, 0.05) is 0 Å². The highest BCUT2D eigenvalue weighted by Gasteiger charge is 2.19. The summed E-state index contributed by atoms with van der Waals surface area (Å²) in [6.07, 6.45) is 0. The number of ether oxygens (including phenoxy) is 2. The highest BCUT2D eigenvalue weighted by atomic mass is 32.2. The number of nitrogens with one attached hydrogen (secondary N) is 1. The van der Waals surface area contributed by atoms with Gasteiger partial charge < -0.3 is 9.47 Å². The van der Waals surface area contributed by atoms with Crippen molar-refractivity contribution in [3.63, 3.8) is 0 Å². The number of para-hydroxylation sites is 3. The Kier molecular flexibility index (Phi) is 5.90. The van der Waals surface area contributed by atoms with E-state index >= 15 is 0 Å². The van der Waals surface area contributed by atoms with E-state index in [0.717, 1.165) is 5.56 Å². The van der Waals surface area contributed by atoms with E-state index in [2.05, 4.69) is 4.72 Å². The summed E-state index contributed by atoms with van der Waals surface area (Å²) in [6.45, 7) is 3.98. The number of sulfonamides is 1. The van der Waals surface area contributed by atoms with E-state index < -0.39 is 10.0 Å². The van der Waals surface area contributed by atoms with Gasteiger partial charge in [-0.05, 0) is 53.9 Å². The molecule has 0 unspecified atom stereocenters. The quantitative estimate of drug-likeness (QED) is 0.579. The van der Waals surface area contributed by atoms with Crippen molar-refractivity contribution >= 4 is 15.7 Å². The number of hydrogen-bond donors (Lipinski definition) is 1. The minimum Gasteiger partial charge on any atom is -0.496 e. The van der Waals surface area contributed by atoms with Crippen molar-refractivity contribution in [3.8, 4) is 17.2 Å². The minimum absolute atomic E-state index is 0.124. The Morgan fingerprint density at radius 1 is 0.857 bits per heavy atom. The van der Waals surface area contributed by atoms with Gasteiger partial charge in [0.2, 0.25) is 0 Å². The van der Waals surface area contributed by atoms with Crippen LogP contribution in [0.25, 0.3) is 0 Å². The molecule has 6 heteroatoms. The summed E-state index contributed by atoms with van der Waals surface area (Å²) in [4.78, 5) is 0.173. The Morgan fingerprint density at radius 2 is 1.54 bits per heavy atom. The number of anilines is 1. The van der Waals surface area contributed by atoms with E-state index in [-0.39, 0.29) is 10.8 Å². The summed E-state index contributed by atoms with van der Waals surface area (Å²) in [7, 11) is -2.22. The second-order valence-electron chi connectivity index (χ2n) is 6.58. The smallest absolute Gasteiger partial charge is 0.262 e. The van der Waals surface area contributed by atoms with Crippen LogP contribution in [0.2, 0.25) is 0 Å². The zero-order valence-corrected chi connectivity index (χ0v) is 16.9. The molecule has 0 radical (unpaired) electrons. The van der Waals surface area contributed by atoms with Gasteiger partial charge in [0.15, 0.2) is 5.75 Å². The first-order chi connectivity index (χ1) is 13.4. The molecule has 0 amide bonds. The predicted octanol–water partition coefficient (Wildman–Crippen LogP) is 5.41. The Labute approximate surface area is 166 Å². The van der Waals surface area contributed by atoms with Crippen LogP contribution < -0.4 is 14.2 Å². The molecular formula is C22H23NO4S. The number of methoxy groups -OCH3 is 1. The molecule has 0 saturated heterocycles. The van der Waals surface area contributed by atoms with Crippen molar-refractivity contribution in [1.82, 2.24) is 0 Å². The Morgan fingerprint density at radius 3 is 2.21 bits per heavy atom. The maximum absolute atomic E-state index is 13.0. The van der Waals surface area contributed by atoms with Gasteiger partial charge in [0.25, 0.3) is 10.0 Å². The van der Waals surface area contributed by atoms with E-state index in [4.69, 9.17) is 9.47 Å². The molecule has 0 aliphatic carbocycles. The Hall–Kier alpha value is -2.99. The van der Waals surface area contributed by atoms with Crippen LogP contribution in [0.4, 0.5) is 5.69 Å². The van der Waals surface area contributed by atoms with Gasteiger partial charge in [-0.2, -0.15) is 0 Å². The average Bonchev–Trinajstić information content (AvgIpc) is 2.69. The van der Waals surface area contributed by atoms with Crippen LogP contribution in [-0.4, -0.2) is 15.5 Å². The topological polar surface area (TPSA) is 64.6 Å². The Bertz CT molecular complexity index is 1050. The highest BCUT2D eigenvalue weighted by Crippen LogP contribution is 2.33. The van der Waals surface area contributed by atoms with Crippen molar-refractivity contribution in [2.75, 3.05) is 11.8 Å². The fourth-order valence-corrected chi connectivity index (χ4v) is 3.90. The molecule has 1 N–H and O–H groups in total. The van der Waals surface area contributed by atoms with Crippen molar-refractivity contribution < 1.29 is 17.9 Å². The molecule has 3 aromatic carbocycles. The third kappa shape index (κ3) is 4.46. The monoisotopic (exact) mass is 397 g/mol. The van der Waals surface area contributed by atoms with E-state index in [1.165, 1.54) is 6.07 Å². The zero-order chi connectivity index (χ0) is 20.1. The van der Waals surface area contributed by atoms with Gasteiger partial charge in [-0.25, -0.2) is 8.42 Å². The van der Waals surface area contributed by atoms with Crippen molar-refractivity contribution in [2.24, 2.45) is 0 Å². The molecule has 3 aromatic rings. The van der Waals surface area contributed by atoms with Crippen LogP contribution in [0, 0.1) is 0 Å². The summed E-state index contributed by atoms with van der Waals surface area (Å²) < 4.78 is 39.8. The van der Waals surface area contributed by atoms with E-state index in [1.807, 2.05) is 44.2 Å². The maximum Gasteiger partial charge on any atom is 0.262 e. The lowest BCUT2D eigenvalue weighted by molar-refractivity contribution is 0.407. The highest BCUT2D eigenvalue weighted by molar-refractivity contribution is 7.92. The fourth-order valence-electron chi connectivity index (χ4n) is 2.79. The van der Waals surface area contributed by atoms with Gasteiger partial charge in [0.1, 0.15) is 11.5 Å². The zero-order valence-electron chi connectivity index (χ0n) is 16.0. The SMILES string of the molecule is COc1ccc(S(=O)(=O)Nc2ccccc2Oc2ccccc2)cc1C(C)C. The lowest BCUT2D eigenvalue weighted by atomic mass is 10.0. The summed E-state index contributed by atoms with van der Waals surface area (Å²) >= 11 is 0. The van der Waals surface area contributed by atoms with Gasteiger partial charge >= 0.3 is 0 Å². The van der Waals surface area contributed by atoms with Crippen LogP contribution in [-0.2, 0) is 10.0 Å². The normalized spacial score (nSPS) is 11.3. The summed E-state index contributed by atoms with van der Waals surface area (Å²) in [6, 6.07) is 21.0. The summed E-state index contributed by atoms with van der Waals surface area (Å²) in [5.41, 5.74) is 1.20. The van der Waals surface area contributed by atoms with Crippen molar-refractivity contribution in [3.05, 3.63) is 78.4 Å². The third-order valence-electron chi connectivity index (χ3n) is 4.24. The van der Waals surface area contributed by atoms with E-state index in [9.17, 15) is 8.42 Å². The van der Waals surface area contributed by atoms with Gasteiger partial charge in [0.05, 0.1) is 17.7 Å². The molecule has 0 saturated carbocycles. The molecule has 0 atom stereocenters. The van der Waals surface area contributed by atoms with Crippen LogP contribution in [0.1, 0.15) is 25.3 Å².